The van der Waals surface area contributed by atoms with Gasteiger partial charge in [-0.3, -0.25) is 0 Å². The summed E-state index contributed by atoms with van der Waals surface area (Å²) in [6.07, 6.45) is -6.80. The molecule has 0 unspecified atom stereocenters. The number of hydrogen-bond donors (Lipinski definition) is 1. The number of hydrogen-bond acceptors (Lipinski definition) is 6. The van der Waals surface area contributed by atoms with Gasteiger partial charge in [-0.2, -0.15) is 10.5 Å². The first kappa shape index (κ1) is 26.5. The number of ether oxygens (including phenoxy) is 2. The summed E-state index contributed by atoms with van der Waals surface area (Å²) >= 11 is 0. The summed E-state index contributed by atoms with van der Waals surface area (Å²) < 4.78 is 83.3. The molecular weight excluding hydrogens is 540 g/mol. The molecule has 0 atom stereocenters. The summed E-state index contributed by atoms with van der Waals surface area (Å²) in [7, 11) is 0. The van der Waals surface area contributed by atoms with Gasteiger partial charge in [0.25, 0.3) is 0 Å². The number of nitriles is 2. The lowest BCUT2D eigenvalue weighted by atomic mass is 9.87. The molecule has 202 valence electrons. The van der Waals surface area contributed by atoms with Crippen molar-refractivity contribution < 1.29 is 40.7 Å². The first-order valence-corrected chi connectivity index (χ1v) is 11.6. The zero-order chi connectivity index (χ0) is 28.7. The van der Waals surface area contributed by atoms with E-state index in [1.54, 1.807) is 18.2 Å². The predicted octanol–water partition coefficient (Wildman–Crippen LogP) is 7.98. The fraction of sp³-hybridized carbons (Fsp3) is 0.143. The van der Waals surface area contributed by atoms with Crippen LogP contribution in [0.5, 0.6) is 11.5 Å². The van der Waals surface area contributed by atoms with Gasteiger partial charge in [-0.15, -0.1) is 26.3 Å². The topological polar surface area (TPSA) is 87.3 Å². The van der Waals surface area contributed by atoms with Crippen molar-refractivity contribution >= 4 is 11.3 Å². The third kappa shape index (κ3) is 5.52. The van der Waals surface area contributed by atoms with Crippen molar-refractivity contribution in [1.29, 1.82) is 10.5 Å². The van der Waals surface area contributed by atoms with Crippen molar-refractivity contribution in [2.75, 3.05) is 5.48 Å². The van der Waals surface area contributed by atoms with Crippen molar-refractivity contribution in [2.24, 2.45) is 0 Å². The van der Waals surface area contributed by atoms with Crippen LogP contribution in [0.2, 0.25) is 0 Å². The molecule has 2 aliphatic rings. The molecule has 1 N–H and O–H groups in total. The summed E-state index contributed by atoms with van der Waals surface area (Å²) in [6.45, 7) is 0. The van der Waals surface area contributed by atoms with Crippen LogP contribution in [0.4, 0.5) is 32.0 Å². The Morgan fingerprint density at radius 2 is 1.38 bits per heavy atom. The van der Waals surface area contributed by atoms with Crippen molar-refractivity contribution in [3.05, 3.63) is 83.1 Å². The summed E-state index contributed by atoms with van der Waals surface area (Å²) in [5, 5.41) is 19.5. The molecule has 0 amide bonds. The molecule has 0 fully saturated rings. The van der Waals surface area contributed by atoms with Gasteiger partial charge < -0.3 is 14.3 Å². The lowest BCUT2D eigenvalue weighted by molar-refractivity contribution is -0.306. The summed E-state index contributed by atoms with van der Waals surface area (Å²) in [6, 6.07) is 15.5. The molecule has 40 heavy (non-hydrogen) atoms. The van der Waals surface area contributed by atoms with Gasteiger partial charge in [0.05, 0.1) is 29.0 Å². The average Bonchev–Trinajstić information content (AvgIpc) is 2.90. The van der Waals surface area contributed by atoms with Crippen molar-refractivity contribution in [3.63, 3.8) is 0 Å². The molecule has 6 nitrogen and oxygen atoms in total. The highest BCUT2D eigenvalue weighted by molar-refractivity contribution is 5.91. The maximum atomic E-state index is 12.6. The second-order valence-electron chi connectivity index (χ2n) is 8.71. The van der Waals surface area contributed by atoms with E-state index in [9.17, 15) is 36.9 Å². The fourth-order valence-electron chi connectivity index (χ4n) is 4.49. The maximum absolute atomic E-state index is 12.6. The monoisotopic (exact) mass is 555 g/mol. The number of nitrogens with one attached hydrogen (secondary N) is 1. The second kappa shape index (κ2) is 9.89. The Labute approximate surface area is 222 Å². The van der Waals surface area contributed by atoms with Crippen LogP contribution < -0.4 is 15.1 Å². The quantitative estimate of drug-likeness (QED) is 0.329. The van der Waals surface area contributed by atoms with Crippen LogP contribution in [0.15, 0.2) is 66.4 Å². The molecule has 1 aliphatic carbocycles. The minimum Gasteiger partial charge on any atom is -0.410 e. The number of anilines is 1. The lowest BCUT2D eigenvalue weighted by Gasteiger charge is -2.25. The highest BCUT2D eigenvalue weighted by Gasteiger charge is 2.33. The lowest BCUT2D eigenvalue weighted by Crippen LogP contribution is -2.16. The number of halogens is 6. The van der Waals surface area contributed by atoms with Gasteiger partial charge in [-0.1, -0.05) is 18.2 Å². The number of nitrogens with zero attached hydrogens (tertiary/aromatic N) is 2. The largest absolute Gasteiger partial charge is 0.573 e. The number of fused-ring (bicyclic) bond motifs is 3. The van der Waals surface area contributed by atoms with Crippen LogP contribution in [0.25, 0.3) is 27.8 Å². The zero-order valence-corrected chi connectivity index (χ0v) is 20.1. The molecule has 0 spiro atoms. The molecule has 0 radical (unpaired) electrons. The van der Waals surface area contributed by atoms with Crippen LogP contribution >= 0.6 is 0 Å². The van der Waals surface area contributed by atoms with Crippen molar-refractivity contribution in [2.45, 2.75) is 25.6 Å². The van der Waals surface area contributed by atoms with Crippen LogP contribution in [0, 0.1) is 22.7 Å². The Kier molecular flexibility index (Phi) is 6.56. The van der Waals surface area contributed by atoms with Crippen LogP contribution in [0.1, 0.15) is 29.5 Å². The third-order valence-electron chi connectivity index (χ3n) is 6.18. The van der Waals surface area contributed by atoms with E-state index >= 15 is 0 Å². The highest BCUT2D eigenvalue weighted by Crippen LogP contribution is 2.45. The van der Waals surface area contributed by atoms with Gasteiger partial charge in [-0.05, 0) is 59.5 Å². The molecule has 3 aromatic rings. The normalized spacial score (nSPS) is 14.2. The minimum absolute atomic E-state index is 0.0189. The van der Waals surface area contributed by atoms with E-state index in [2.05, 4.69) is 27.1 Å². The van der Waals surface area contributed by atoms with Crippen LogP contribution in [-0.2, 0) is 4.74 Å². The molecule has 0 aromatic heterocycles. The van der Waals surface area contributed by atoms with Gasteiger partial charge in [0, 0.05) is 29.2 Å². The maximum Gasteiger partial charge on any atom is 0.573 e. The van der Waals surface area contributed by atoms with Gasteiger partial charge in [0.2, 0.25) is 0 Å². The zero-order valence-electron chi connectivity index (χ0n) is 20.1. The molecule has 0 saturated heterocycles. The Morgan fingerprint density at radius 3 is 1.98 bits per heavy atom. The first-order chi connectivity index (χ1) is 18.9. The Balaban J connectivity index is 1.57. The van der Waals surface area contributed by atoms with Gasteiger partial charge in [-0.25, -0.2) is 5.48 Å². The number of rotatable bonds is 4. The summed E-state index contributed by atoms with van der Waals surface area (Å²) in [4.78, 5) is 5.60. The highest BCUT2D eigenvalue weighted by atomic mass is 19.4. The Morgan fingerprint density at radius 1 is 0.725 bits per heavy atom. The molecule has 3 aromatic carbocycles. The second-order valence-corrected chi connectivity index (χ2v) is 8.71. The van der Waals surface area contributed by atoms with Gasteiger partial charge in [0.1, 0.15) is 11.5 Å². The molecule has 12 heteroatoms. The summed E-state index contributed by atoms with van der Waals surface area (Å²) in [5.74, 6) is -0.370. The Bertz CT molecular complexity index is 1640. The van der Waals surface area contributed by atoms with E-state index < -0.39 is 18.5 Å². The van der Waals surface area contributed by atoms with Crippen molar-refractivity contribution in [3.8, 4) is 45.9 Å². The average molecular weight is 555 g/mol. The van der Waals surface area contributed by atoms with E-state index in [0.717, 1.165) is 12.1 Å². The number of alkyl halides is 6. The van der Waals surface area contributed by atoms with E-state index in [1.807, 2.05) is 0 Å². The van der Waals surface area contributed by atoms with E-state index in [-0.39, 0.29) is 29.7 Å². The molecular formula is C28H15F6N3O3. The number of benzene rings is 3. The van der Waals surface area contributed by atoms with Gasteiger partial charge in [0.15, 0.2) is 5.75 Å². The number of allylic oxidation sites excluding steroid dienone is 4. The molecule has 0 bridgehead atoms. The van der Waals surface area contributed by atoms with E-state index in [0.29, 0.717) is 44.8 Å². The smallest absolute Gasteiger partial charge is 0.410 e. The summed E-state index contributed by atoms with van der Waals surface area (Å²) in [5.41, 5.74) is 6.71. The predicted molar refractivity (Wildman–Crippen MR) is 130 cm³/mol. The molecule has 1 heterocycles. The van der Waals surface area contributed by atoms with E-state index in [1.165, 1.54) is 30.4 Å². The fourth-order valence-corrected chi connectivity index (χ4v) is 4.49. The van der Waals surface area contributed by atoms with Crippen LogP contribution in [0.3, 0.4) is 0 Å². The third-order valence-corrected chi connectivity index (χ3v) is 6.18. The molecule has 0 saturated carbocycles. The minimum atomic E-state index is -4.85. The molecule has 5 rings (SSSR count). The standard InChI is InChI=1S/C28H15F6N3O3/c29-27(30,31)38-19-5-1-15(2-6-19)21-11-23-24-12-22(16-3-7-20(8-4-16)39-28(32,33)34)18(14-36)10-26(24)40-37-25(23)9-17(21)13-35/h1,3-5,7-12,37H,2,6H2. The van der Waals surface area contributed by atoms with Gasteiger partial charge >= 0.3 is 12.7 Å². The SMILES string of the molecule is N#Cc1cc2c(cc1C1=CC=C(OC(F)(F)F)CC1)-c1cc(-c3ccc(OC(F)(F)F)cc3)c(C#N)cc1ON2. The van der Waals surface area contributed by atoms with Crippen molar-refractivity contribution in [1.82, 2.24) is 0 Å². The molecule has 1 aliphatic heterocycles. The van der Waals surface area contributed by atoms with E-state index in [4.69, 9.17) is 4.84 Å². The Hall–Kier alpha value is -5.10. The van der Waals surface area contributed by atoms with Crippen LogP contribution in [-0.4, -0.2) is 12.7 Å². The first-order valence-electron chi connectivity index (χ1n) is 11.6.